The Morgan fingerprint density at radius 1 is 0.653 bits per heavy atom. The van der Waals surface area contributed by atoms with Crippen molar-refractivity contribution in [3.8, 4) is 79.5 Å². The normalized spacial score (nSPS) is 14.7. The topological polar surface area (TPSA) is 180 Å². The summed E-state index contributed by atoms with van der Waals surface area (Å²) >= 11 is 7.00. The number of aliphatic hydroxyl groups is 1. The molecule has 16 nitrogen and oxygen atoms in total. The molecule has 0 bridgehead atoms. The van der Waals surface area contributed by atoms with Crippen molar-refractivity contribution in [3.63, 3.8) is 0 Å². The van der Waals surface area contributed by atoms with E-state index < -0.39 is 18.6 Å². The van der Waals surface area contributed by atoms with E-state index in [9.17, 15) is 27.5 Å². The Balaban J connectivity index is 0.000000162. The number of carbonyl (C=O) groups excluding carboxylic acids is 1. The third kappa shape index (κ3) is 10.6. The van der Waals surface area contributed by atoms with E-state index >= 15 is 0 Å². The Hall–Kier alpha value is -7.01. The molecule has 7 heterocycles. The number of ether oxygens (including phenoxy) is 6. The molecule has 3 aliphatic heterocycles. The van der Waals surface area contributed by atoms with Crippen LogP contribution in [-0.2, 0) is 16.1 Å². The van der Waals surface area contributed by atoms with E-state index in [1.165, 1.54) is 37.1 Å². The van der Waals surface area contributed by atoms with Crippen LogP contribution in [-0.4, -0.2) is 72.6 Å². The first kappa shape index (κ1) is 50.0. The summed E-state index contributed by atoms with van der Waals surface area (Å²) in [7, 11) is 0. The summed E-state index contributed by atoms with van der Waals surface area (Å²) in [5.74, 6) is 1.94. The minimum Gasteiger partial charge on any atom is -0.461 e. The van der Waals surface area contributed by atoms with Crippen LogP contribution in [0.3, 0.4) is 0 Å². The van der Waals surface area contributed by atoms with Gasteiger partial charge >= 0.3 is 18.6 Å². The van der Waals surface area contributed by atoms with Gasteiger partial charge in [0.05, 0.1) is 30.3 Å². The number of hydrogen-bond acceptors (Lipinski definition) is 14. The first-order chi connectivity index (χ1) is 34.4. The van der Waals surface area contributed by atoms with Crippen LogP contribution in [0.4, 0.5) is 17.6 Å². The van der Waals surface area contributed by atoms with Crippen molar-refractivity contribution in [2.24, 2.45) is 0 Å². The average Bonchev–Trinajstić information content (AvgIpc) is 4.21. The second-order valence-electron chi connectivity index (χ2n) is 16.2. The third-order valence-electron chi connectivity index (χ3n) is 11.0. The zero-order valence-corrected chi connectivity index (χ0v) is 42.1. The summed E-state index contributed by atoms with van der Waals surface area (Å²) in [6.45, 7) is 10.8. The number of carbonyl (C=O) groups is 1. The van der Waals surface area contributed by atoms with Crippen LogP contribution in [0.5, 0.6) is 23.0 Å². The predicted molar refractivity (Wildman–Crippen MR) is 258 cm³/mol. The molecular weight excluding hydrogens is 1080 g/mol. The van der Waals surface area contributed by atoms with Crippen LogP contribution >= 0.6 is 31.9 Å². The number of rotatable bonds is 9. The number of fused-ring (bicyclic) bond motifs is 2. The highest BCUT2D eigenvalue weighted by Gasteiger charge is 2.44. The summed E-state index contributed by atoms with van der Waals surface area (Å²) in [4.78, 5) is 30.1. The lowest BCUT2D eigenvalue weighted by molar-refractivity contribution is -0.287. The summed E-state index contributed by atoms with van der Waals surface area (Å²) in [6, 6.07) is 20.0. The van der Waals surface area contributed by atoms with Gasteiger partial charge in [0.25, 0.3) is 0 Å². The molecule has 0 spiro atoms. The molecule has 8 aromatic rings. The van der Waals surface area contributed by atoms with Gasteiger partial charge in [-0.2, -0.15) is 0 Å². The molecule has 0 amide bonds. The summed E-state index contributed by atoms with van der Waals surface area (Å²) in [5.41, 5.74) is 5.49. The van der Waals surface area contributed by atoms with Gasteiger partial charge in [0.15, 0.2) is 52.0 Å². The molecule has 0 atom stereocenters. The Bertz CT molecular complexity index is 3320. The maximum atomic E-state index is 13.5. The van der Waals surface area contributed by atoms with Crippen molar-refractivity contribution in [3.05, 3.63) is 129 Å². The number of aliphatic hydroxyl groups excluding tert-OH is 1. The number of oxazole rings is 2. The van der Waals surface area contributed by atoms with Crippen molar-refractivity contribution >= 4 is 37.8 Å². The van der Waals surface area contributed by atoms with Gasteiger partial charge in [-0.05, 0) is 106 Å². The minimum absolute atomic E-state index is 0.0507. The van der Waals surface area contributed by atoms with Crippen molar-refractivity contribution in [1.82, 2.24) is 29.1 Å². The molecule has 3 aliphatic rings. The Kier molecular flexibility index (Phi) is 14.0. The molecule has 1 fully saturated rings. The van der Waals surface area contributed by atoms with Crippen LogP contribution in [0.1, 0.15) is 59.4 Å². The molecule has 0 saturated carbocycles. The van der Waals surface area contributed by atoms with Gasteiger partial charge in [0.2, 0.25) is 0 Å². The number of hydrogen-bond donors (Lipinski definition) is 1. The van der Waals surface area contributed by atoms with E-state index in [1.54, 1.807) is 56.8 Å². The fourth-order valence-corrected chi connectivity index (χ4v) is 8.71. The molecule has 374 valence electrons. The SMILES string of the molecule is C1CCOC1.CCOC(=O)c1cn(-c2ccc(Br)cc2-c2nc(C)oc2-c2ccc3c(c2)OC(F)(F)O3)c(C)n1.Cc1nc(-c2cc(Br)ccc2-n2cc(CO)nc2C)c(-c2ccc3c(c2)OC(F)(F)O3)o1. The minimum atomic E-state index is -3.73. The highest BCUT2D eigenvalue weighted by Crippen LogP contribution is 2.47. The number of aromatic nitrogens is 6. The average molecular weight is 1120 g/mol. The summed E-state index contributed by atoms with van der Waals surface area (Å²) in [6.07, 6.45) is -1.54. The van der Waals surface area contributed by atoms with Crippen LogP contribution < -0.4 is 18.9 Å². The largest absolute Gasteiger partial charge is 0.586 e. The number of imidazole rings is 2. The van der Waals surface area contributed by atoms with Gasteiger partial charge in [-0.1, -0.05) is 31.9 Å². The van der Waals surface area contributed by atoms with E-state index in [1.807, 2.05) is 47.9 Å². The first-order valence-electron chi connectivity index (χ1n) is 22.2. The Morgan fingerprint density at radius 2 is 1.12 bits per heavy atom. The molecule has 1 saturated heterocycles. The first-order valence-corrected chi connectivity index (χ1v) is 23.8. The molecule has 0 aliphatic carbocycles. The maximum absolute atomic E-state index is 13.5. The molecule has 0 radical (unpaired) electrons. The van der Waals surface area contributed by atoms with E-state index in [0.717, 1.165) is 33.4 Å². The number of halogens is 6. The number of nitrogens with zero attached hydrogens (tertiary/aromatic N) is 6. The van der Waals surface area contributed by atoms with Crippen LogP contribution in [0.15, 0.2) is 103 Å². The molecule has 11 rings (SSSR count). The van der Waals surface area contributed by atoms with Gasteiger partial charge in [0, 0.05) is 70.7 Å². The van der Waals surface area contributed by atoms with Crippen molar-refractivity contribution in [2.75, 3.05) is 19.8 Å². The molecule has 1 N–H and O–H groups in total. The van der Waals surface area contributed by atoms with E-state index in [4.69, 9.17) is 18.3 Å². The van der Waals surface area contributed by atoms with Crippen molar-refractivity contribution < 1.29 is 64.7 Å². The number of esters is 1. The maximum Gasteiger partial charge on any atom is 0.586 e. The van der Waals surface area contributed by atoms with Crippen molar-refractivity contribution in [1.29, 1.82) is 0 Å². The number of benzene rings is 4. The smallest absolute Gasteiger partial charge is 0.461 e. The standard InChI is InChI=1S/C24H18BrF2N3O5.C22H16BrF2N3O4.C4H8O/c1-4-32-23(31)17-11-30(12(2)28-17)18-7-6-15(25)10-16(18)21-22(33-13(3)29-21)14-5-8-19-20(9-14)35-24(26,27)34-19;1-11-26-15(10-29)9-28(11)17-5-4-14(23)8-16(17)20-21(30-12(2)27-20)13-3-6-18-19(7-13)32-22(24,25)31-18;1-2-4-5-3-1/h5-11H,4H2,1-3H3;3-9,29H,10H2,1-2H3;1-4H2. The molecule has 72 heavy (non-hydrogen) atoms. The predicted octanol–water partition coefficient (Wildman–Crippen LogP) is 12.3. The highest BCUT2D eigenvalue weighted by molar-refractivity contribution is 9.10. The van der Waals surface area contributed by atoms with Crippen LogP contribution in [0.25, 0.3) is 56.5 Å². The molecule has 4 aromatic carbocycles. The summed E-state index contributed by atoms with van der Waals surface area (Å²) in [5, 5.41) is 9.48. The van der Waals surface area contributed by atoms with Gasteiger partial charge in [-0.15, -0.1) is 17.6 Å². The van der Waals surface area contributed by atoms with Gasteiger partial charge in [0.1, 0.15) is 23.0 Å². The zero-order chi connectivity index (χ0) is 51.1. The quantitative estimate of drug-likeness (QED) is 0.106. The fraction of sp³-hybridized carbons (Fsp3) is 0.260. The van der Waals surface area contributed by atoms with Gasteiger partial charge < -0.3 is 51.5 Å². The van der Waals surface area contributed by atoms with Gasteiger partial charge in [-0.3, -0.25) is 0 Å². The Morgan fingerprint density at radius 3 is 1.57 bits per heavy atom. The monoisotopic (exact) mass is 1120 g/mol. The lowest BCUT2D eigenvalue weighted by Gasteiger charge is -2.12. The molecular formula is C50H42Br2F4N6O10. The second-order valence-corrected chi connectivity index (χ2v) is 18.0. The second kappa shape index (κ2) is 20.2. The molecule has 4 aromatic heterocycles. The van der Waals surface area contributed by atoms with Crippen molar-refractivity contribution in [2.45, 2.75) is 66.7 Å². The lowest BCUT2D eigenvalue weighted by Crippen LogP contribution is -2.25. The molecule has 0 unspecified atom stereocenters. The van der Waals surface area contributed by atoms with Gasteiger partial charge in [-0.25, -0.2) is 24.7 Å². The van der Waals surface area contributed by atoms with E-state index in [2.05, 4.69) is 70.7 Å². The van der Waals surface area contributed by atoms with E-state index in [-0.39, 0.29) is 41.9 Å². The number of alkyl halides is 4. The fourth-order valence-electron chi connectivity index (χ4n) is 7.99. The lowest BCUT2D eigenvalue weighted by atomic mass is 10.0. The molecule has 22 heteroatoms. The third-order valence-corrected chi connectivity index (χ3v) is 12.0. The van der Waals surface area contributed by atoms with E-state index in [0.29, 0.717) is 74.4 Å². The van der Waals surface area contributed by atoms with Crippen LogP contribution in [0.2, 0.25) is 0 Å². The zero-order valence-electron chi connectivity index (χ0n) is 38.9. The number of aryl methyl sites for hydroxylation is 4. The highest BCUT2D eigenvalue weighted by atomic mass is 79.9. The Labute approximate surface area is 424 Å². The summed E-state index contributed by atoms with van der Waals surface area (Å²) < 4.78 is 99.1. The van der Waals surface area contributed by atoms with Crippen LogP contribution in [0, 0.1) is 27.7 Å².